The summed E-state index contributed by atoms with van der Waals surface area (Å²) in [4.78, 5) is 33.6. The van der Waals surface area contributed by atoms with E-state index in [0.29, 0.717) is 27.6 Å². The Hall–Kier alpha value is -3.56. The predicted molar refractivity (Wildman–Crippen MR) is 172 cm³/mol. The molecule has 3 heterocycles. The van der Waals surface area contributed by atoms with Crippen molar-refractivity contribution < 1.29 is 9.59 Å². The van der Waals surface area contributed by atoms with Crippen LogP contribution in [0.5, 0.6) is 0 Å². The summed E-state index contributed by atoms with van der Waals surface area (Å²) < 4.78 is 2.07. The van der Waals surface area contributed by atoms with Crippen molar-refractivity contribution in [1.29, 1.82) is 0 Å². The van der Waals surface area contributed by atoms with Crippen molar-refractivity contribution in [3.05, 3.63) is 74.8 Å². The second-order valence-corrected chi connectivity index (χ2v) is 13.7. The maximum atomic E-state index is 13.8. The minimum absolute atomic E-state index is 0.00881. The van der Waals surface area contributed by atoms with Crippen LogP contribution < -0.4 is 15.5 Å². The summed E-state index contributed by atoms with van der Waals surface area (Å²) >= 11 is 13.5. The molecule has 3 fully saturated rings. The summed E-state index contributed by atoms with van der Waals surface area (Å²) in [6, 6.07) is 7.94. The number of anilines is 1. The fraction of sp³-hybridized carbons (Fsp3) is 0.455. The Morgan fingerprint density at radius 1 is 1.07 bits per heavy atom. The van der Waals surface area contributed by atoms with E-state index in [1.165, 1.54) is 12.6 Å². The lowest BCUT2D eigenvalue weighted by Gasteiger charge is -2.28. The van der Waals surface area contributed by atoms with Gasteiger partial charge in [-0.25, -0.2) is 4.98 Å². The van der Waals surface area contributed by atoms with Crippen molar-refractivity contribution in [2.75, 3.05) is 18.0 Å². The number of hydrogen-bond donors (Lipinski definition) is 3. The van der Waals surface area contributed by atoms with Crippen molar-refractivity contribution in [2.24, 2.45) is 24.8 Å². The van der Waals surface area contributed by atoms with Crippen LogP contribution in [0.1, 0.15) is 76.7 Å². The van der Waals surface area contributed by atoms with Gasteiger partial charge >= 0.3 is 0 Å². The second kappa shape index (κ2) is 11.7. The molecule has 0 radical (unpaired) electrons. The van der Waals surface area contributed by atoms with Gasteiger partial charge in [-0.2, -0.15) is 5.10 Å². The van der Waals surface area contributed by atoms with Crippen molar-refractivity contribution >= 4 is 51.7 Å². The molecule has 2 aliphatic carbocycles. The van der Waals surface area contributed by atoms with Crippen LogP contribution in [0.25, 0.3) is 11.0 Å². The first kappa shape index (κ1) is 29.2. The molecular formula is C33H37Cl2N7O2. The van der Waals surface area contributed by atoms with E-state index in [9.17, 15) is 9.59 Å². The molecule has 2 aromatic heterocycles. The maximum absolute atomic E-state index is 13.8. The molecule has 9 nitrogen and oxygen atoms in total. The van der Waals surface area contributed by atoms with E-state index in [4.69, 9.17) is 28.2 Å². The highest BCUT2D eigenvalue weighted by molar-refractivity contribution is 6.36. The third kappa shape index (κ3) is 5.68. The molecule has 230 valence electrons. The average Bonchev–Trinajstić information content (AvgIpc) is 3.37. The monoisotopic (exact) mass is 633 g/mol. The van der Waals surface area contributed by atoms with Gasteiger partial charge in [0.15, 0.2) is 0 Å². The summed E-state index contributed by atoms with van der Waals surface area (Å²) in [7, 11) is 2.00. The Bertz CT molecular complexity index is 1720. The van der Waals surface area contributed by atoms with Gasteiger partial charge in [-0.3, -0.25) is 14.7 Å². The van der Waals surface area contributed by atoms with Crippen LogP contribution in [0.2, 0.25) is 10.0 Å². The number of carbonyl (C=O) groups excluding carboxylic acids is 2. The number of nitrogens with zero attached hydrogens (tertiary/aromatic N) is 4. The van der Waals surface area contributed by atoms with Crippen molar-refractivity contribution in [3.63, 3.8) is 0 Å². The number of rotatable bonds is 8. The second-order valence-electron chi connectivity index (χ2n) is 12.9. The number of halogens is 2. The van der Waals surface area contributed by atoms with E-state index in [-0.39, 0.29) is 24.4 Å². The van der Waals surface area contributed by atoms with E-state index in [0.717, 1.165) is 90.2 Å². The number of amides is 2. The number of piperidine rings is 1. The number of imidazole rings is 1. The highest BCUT2D eigenvalue weighted by Gasteiger charge is 2.46. The molecule has 11 heteroatoms. The van der Waals surface area contributed by atoms with Crippen molar-refractivity contribution in [2.45, 2.75) is 58.0 Å². The Morgan fingerprint density at radius 3 is 2.57 bits per heavy atom. The van der Waals surface area contributed by atoms with Gasteiger partial charge < -0.3 is 20.1 Å². The lowest BCUT2D eigenvalue weighted by atomic mass is 9.87. The molecule has 2 saturated carbocycles. The molecule has 1 aliphatic heterocycles. The third-order valence-corrected chi connectivity index (χ3v) is 10.6. The van der Waals surface area contributed by atoms with Crippen molar-refractivity contribution in [1.82, 2.24) is 30.4 Å². The van der Waals surface area contributed by atoms with Gasteiger partial charge in [0.2, 0.25) is 0 Å². The first-order chi connectivity index (χ1) is 21.2. The highest BCUT2D eigenvalue weighted by atomic mass is 35.5. The molecule has 0 spiro atoms. The number of aryl methyl sites for hydroxylation is 1. The number of fused-ring (bicyclic) bond motifs is 2. The summed E-state index contributed by atoms with van der Waals surface area (Å²) in [5, 5.41) is 13.7. The van der Waals surface area contributed by atoms with Gasteiger partial charge in [-0.05, 0) is 79.2 Å². The zero-order chi connectivity index (χ0) is 30.5. The van der Waals surface area contributed by atoms with Gasteiger partial charge in [0, 0.05) is 50.4 Å². The molecule has 0 bridgehead atoms. The summed E-state index contributed by atoms with van der Waals surface area (Å²) in [5.41, 5.74) is 5.38. The zero-order valence-electron chi connectivity index (χ0n) is 25.0. The van der Waals surface area contributed by atoms with Crippen LogP contribution in [0.15, 0.2) is 36.7 Å². The van der Waals surface area contributed by atoms with E-state index in [1.807, 2.05) is 19.2 Å². The Kier molecular flexibility index (Phi) is 7.79. The molecule has 3 N–H and O–H groups in total. The first-order valence-corrected chi connectivity index (χ1v) is 16.3. The van der Waals surface area contributed by atoms with Crippen LogP contribution in [-0.2, 0) is 20.0 Å². The lowest BCUT2D eigenvalue weighted by molar-refractivity contribution is 0.0921. The highest BCUT2D eigenvalue weighted by Crippen LogP contribution is 2.47. The molecule has 7 rings (SSSR count). The fourth-order valence-electron chi connectivity index (χ4n) is 6.90. The number of nitrogens with one attached hydrogen (secondary N) is 3. The van der Waals surface area contributed by atoms with Gasteiger partial charge in [-0.15, -0.1) is 0 Å². The molecule has 2 aromatic carbocycles. The number of aromatic amines is 1. The van der Waals surface area contributed by atoms with Gasteiger partial charge in [-0.1, -0.05) is 36.2 Å². The van der Waals surface area contributed by atoms with Crippen LogP contribution in [0, 0.1) is 17.8 Å². The molecule has 2 atom stereocenters. The Morgan fingerprint density at radius 2 is 1.84 bits per heavy atom. The van der Waals surface area contributed by atoms with E-state index >= 15 is 0 Å². The first-order valence-electron chi connectivity index (χ1n) is 15.5. The summed E-state index contributed by atoms with van der Waals surface area (Å²) in [6.07, 6.45) is 9.07. The van der Waals surface area contributed by atoms with E-state index < -0.39 is 0 Å². The van der Waals surface area contributed by atoms with Gasteiger partial charge in [0.1, 0.15) is 5.82 Å². The standard InChI is InChI=1S/C33H37Cl2N7O2/c1-18-3-6-23(7-4-18)39-33(44)25-10-27-29(12-28(25)42-16-20-9-21(20)17-42)41(2)30(40-27)11-24-26(34)8-5-19(31(24)35)13-36-32(43)22-14-37-38-15-22/h5,8,10,12,14-15,18,20-21,23H,3-4,6-7,9,11,13,16-17H2,1-2H3,(H,36,43)(H,37,38)(H,39,44). The fourth-order valence-corrected chi connectivity index (χ4v) is 7.47. The van der Waals surface area contributed by atoms with E-state index in [2.05, 4.69) is 43.3 Å². The number of hydrogen-bond acceptors (Lipinski definition) is 5. The van der Waals surface area contributed by atoms with Crippen LogP contribution in [0.4, 0.5) is 5.69 Å². The smallest absolute Gasteiger partial charge is 0.254 e. The zero-order valence-corrected chi connectivity index (χ0v) is 26.5. The lowest BCUT2D eigenvalue weighted by Crippen LogP contribution is -2.38. The molecule has 2 unspecified atom stereocenters. The number of benzene rings is 2. The minimum Gasteiger partial charge on any atom is -0.370 e. The SMILES string of the molecule is CC1CCC(NC(=O)c2cc3nc(Cc4c(Cl)ccc(CNC(=O)c5cn[nH]c5)c4Cl)n(C)c3cc2N2CC3CC3C2)CC1. The molecule has 1 saturated heterocycles. The maximum Gasteiger partial charge on any atom is 0.254 e. The predicted octanol–water partition coefficient (Wildman–Crippen LogP) is 5.89. The molecular weight excluding hydrogens is 597 g/mol. The quantitative estimate of drug-likeness (QED) is 0.224. The summed E-state index contributed by atoms with van der Waals surface area (Å²) in [6.45, 7) is 4.53. The topological polar surface area (TPSA) is 108 Å². The Labute approximate surface area is 266 Å². The van der Waals surface area contributed by atoms with Crippen LogP contribution in [0.3, 0.4) is 0 Å². The normalized spacial score (nSPS) is 22.7. The van der Waals surface area contributed by atoms with Gasteiger partial charge in [0.05, 0.1) is 39.1 Å². The number of H-pyrrole nitrogens is 1. The molecule has 3 aliphatic rings. The summed E-state index contributed by atoms with van der Waals surface area (Å²) in [5.74, 6) is 2.74. The Balaban J connectivity index is 1.17. The van der Waals surface area contributed by atoms with E-state index in [1.54, 1.807) is 12.3 Å². The average molecular weight is 635 g/mol. The number of carbonyl (C=O) groups is 2. The minimum atomic E-state index is -0.245. The molecule has 4 aromatic rings. The van der Waals surface area contributed by atoms with Crippen LogP contribution >= 0.6 is 23.2 Å². The largest absolute Gasteiger partial charge is 0.370 e. The molecule has 44 heavy (non-hydrogen) atoms. The van der Waals surface area contributed by atoms with Crippen molar-refractivity contribution in [3.8, 4) is 0 Å². The number of aromatic nitrogens is 4. The third-order valence-electron chi connectivity index (χ3n) is 9.81. The molecule has 2 amide bonds. The van der Waals surface area contributed by atoms with Crippen LogP contribution in [-0.4, -0.2) is 50.7 Å². The van der Waals surface area contributed by atoms with Gasteiger partial charge in [0.25, 0.3) is 11.8 Å².